The molecule has 0 heterocycles. The molecule has 5 heteroatoms. The number of carbonyl (C=O) groups excluding carboxylic acids is 2. The average molecular weight is 974 g/mol. The SMILES string of the molecule is CC/C=C\C/C=C\C/C=C\C/C=C\C/C=C\CCCCCCCCCCCCCCCCCC(=O)OC(CO)COC(=O)CCCCCCCCCCCC/C=C\C/C=C\C/C=C\CCCCCCC. The van der Waals surface area contributed by atoms with Gasteiger partial charge in [0.05, 0.1) is 6.61 Å². The second kappa shape index (κ2) is 60.1. The van der Waals surface area contributed by atoms with Crippen molar-refractivity contribution in [1.82, 2.24) is 0 Å². The Balaban J connectivity index is 3.50. The summed E-state index contributed by atoms with van der Waals surface area (Å²) in [6, 6.07) is 0. The van der Waals surface area contributed by atoms with Gasteiger partial charge in [-0.3, -0.25) is 9.59 Å². The summed E-state index contributed by atoms with van der Waals surface area (Å²) in [5.41, 5.74) is 0. The third-order valence-electron chi connectivity index (χ3n) is 12.9. The van der Waals surface area contributed by atoms with E-state index in [1.54, 1.807) is 0 Å². The molecule has 0 aliphatic rings. The molecule has 0 rings (SSSR count). The molecule has 0 aromatic heterocycles. The highest BCUT2D eigenvalue weighted by Crippen LogP contribution is 2.16. The number of allylic oxidation sites excluding steroid dienone is 16. The fraction of sp³-hybridized carbons (Fsp3) is 0.723. The Morgan fingerprint density at radius 1 is 0.343 bits per heavy atom. The Hall–Kier alpha value is -3.18. The summed E-state index contributed by atoms with van der Waals surface area (Å²) in [6.07, 6.45) is 85.3. The summed E-state index contributed by atoms with van der Waals surface area (Å²) in [4.78, 5) is 24.6. The maximum absolute atomic E-state index is 12.3. The van der Waals surface area contributed by atoms with E-state index in [4.69, 9.17) is 9.47 Å². The van der Waals surface area contributed by atoms with E-state index in [9.17, 15) is 14.7 Å². The molecule has 0 aromatic rings. The zero-order valence-corrected chi connectivity index (χ0v) is 46.0. The first-order valence-corrected chi connectivity index (χ1v) is 29.8. The maximum Gasteiger partial charge on any atom is 0.306 e. The van der Waals surface area contributed by atoms with Crippen LogP contribution in [0.3, 0.4) is 0 Å². The number of carbonyl (C=O) groups is 2. The van der Waals surface area contributed by atoms with E-state index in [0.29, 0.717) is 12.8 Å². The number of aliphatic hydroxyl groups excluding tert-OH is 1. The van der Waals surface area contributed by atoms with Crippen LogP contribution in [0.2, 0.25) is 0 Å². The normalized spacial score (nSPS) is 12.9. The highest BCUT2D eigenvalue weighted by atomic mass is 16.6. The van der Waals surface area contributed by atoms with Gasteiger partial charge in [-0.1, -0.05) is 272 Å². The molecule has 0 aliphatic carbocycles. The van der Waals surface area contributed by atoms with Gasteiger partial charge in [-0.25, -0.2) is 0 Å². The van der Waals surface area contributed by atoms with Gasteiger partial charge in [-0.2, -0.15) is 0 Å². The third kappa shape index (κ3) is 57.4. The molecule has 0 saturated carbocycles. The van der Waals surface area contributed by atoms with E-state index in [2.05, 4.69) is 111 Å². The summed E-state index contributed by atoms with van der Waals surface area (Å²) in [7, 11) is 0. The number of esters is 2. The fourth-order valence-corrected chi connectivity index (χ4v) is 8.41. The Bertz CT molecular complexity index is 1330. The highest BCUT2D eigenvalue weighted by Gasteiger charge is 2.16. The first-order valence-electron chi connectivity index (χ1n) is 29.8. The molecule has 1 unspecified atom stereocenters. The second-order valence-electron chi connectivity index (χ2n) is 19.7. The van der Waals surface area contributed by atoms with Gasteiger partial charge in [0.1, 0.15) is 6.61 Å². The van der Waals surface area contributed by atoms with Gasteiger partial charge in [-0.15, -0.1) is 0 Å². The van der Waals surface area contributed by atoms with Crippen LogP contribution in [-0.2, 0) is 19.1 Å². The molecule has 402 valence electrons. The predicted octanol–water partition coefficient (Wildman–Crippen LogP) is 20.3. The molecule has 0 fully saturated rings. The summed E-state index contributed by atoms with van der Waals surface area (Å²) >= 11 is 0. The van der Waals surface area contributed by atoms with Crippen molar-refractivity contribution in [3.63, 3.8) is 0 Å². The number of unbranched alkanes of at least 4 members (excludes halogenated alkanes) is 30. The van der Waals surface area contributed by atoms with Crippen LogP contribution in [0.4, 0.5) is 0 Å². The van der Waals surface area contributed by atoms with Gasteiger partial charge in [-0.05, 0) is 96.3 Å². The van der Waals surface area contributed by atoms with Gasteiger partial charge < -0.3 is 14.6 Å². The molecule has 0 aliphatic heterocycles. The molecule has 70 heavy (non-hydrogen) atoms. The van der Waals surface area contributed by atoms with Crippen molar-refractivity contribution in [3.05, 3.63) is 97.2 Å². The van der Waals surface area contributed by atoms with Crippen molar-refractivity contribution in [3.8, 4) is 0 Å². The van der Waals surface area contributed by atoms with E-state index >= 15 is 0 Å². The Morgan fingerprint density at radius 3 is 0.929 bits per heavy atom. The quantitative estimate of drug-likeness (QED) is 0.0373. The van der Waals surface area contributed by atoms with Crippen LogP contribution in [0.25, 0.3) is 0 Å². The van der Waals surface area contributed by atoms with Crippen molar-refractivity contribution < 1.29 is 24.2 Å². The topological polar surface area (TPSA) is 72.8 Å². The van der Waals surface area contributed by atoms with E-state index in [1.807, 2.05) is 0 Å². The monoisotopic (exact) mass is 973 g/mol. The van der Waals surface area contributed by atoms with Gasteiger partial charge in [0.15, 0.2) is 6.10 Å². The number of hydrogen-bond donors (Lipinski definition) is 1. The summed E-state index contributed by atoms with van der Waals surface area (Å²) in [5.74, 6) is -0.590. The largest absolute Gasteiger partial charge is 0.462 e. The maximum atomic E-state index is 12.3. The lowest BCUT2D eigenvalue weighted by molar-refractivity contribution is -0.161. The van der Waals surface area contributed by atoms with Crippen LogP contribution >= 0.6 is 0 Å². The Labute approximate surface area is 434 Å². The van der Waals surface area contributed by atoms with Crippen LogP contribution < -0.4 is 0 Å². The van der Waals surface area contributed by atoms with E-state index in [1.165, 1.54) is 173 Å². The fourth-order valence-electron chi connectivity index (χ4n) is 8.41. The number of aliphatic hydroxyl groups is 1. The van der Waals surface area contributed by atoms with Crippen molar-refractivity contribution in [1.29, 1.82) is 0 Å². The van der Waals surface area contributed by atoms with Crippen LogP contribution in [0, 0.1) is 0 Å². The van der Waals surface area contributed by atoms with E-state index in [0.717, 1.165) is 83.5 Å². The van der Waals surface area contributed by atoms with Crippen molar-refractivity contribution in [2.45, 2.75) is 290 Å². The van der Waals surface area contributed by atoms with Crippen LogP contribution in [0.15, 0.2) is 97.2 Å². The van der Waals surface area contributed by atoms with E-state index < -0.39 is 6.10 Å². The van der Waals surface area contributed by atoms with E-state index in [-0.39, 0.29) is 25.2 Å². The van der Waals surface area contributed by atoms with Crippen molar-refractivity contribution in [2.75, 3.05) is 13.2 Å². The smallest absolute Gasteiger partial charge is 0.306 e. The van der Waals surface area contributed by atoms with Crippen molar-refractivity contribution >= 4 is 11.9 Å². The Kier molecular flexibility index (Phi) is 57.4. The molecule has 5 nitrogen and oxygen atoms in total. The van der Waals surface area contributed by atoms with Gasteiger partial charge in [0, 0.05) is 12.8 Å². The van der Waals surface area contributed by atoms with Gasteiger partial charge >= 0.3 is 11.9 Å². The molecule has 0 spiro atoms. The summed E-state index contributed by atoms with van der Waals surface area (Å²) < 4.78 is 10.7. The van der Waals surface area contributed by atoms with Crippen LogP contribution in [0.5, 0.6) is 0 Å². The lowest BCUT2D eigenvalue weighted by atomic mass is 10.0. The second-order valence-corrected chi connectivity index (χ2v) is 19.7. The lowest BCUT2D eigenvalue weighted by Gasteiger charge is -2.15. The zero-order chi connectivity index (χ0) is 50.6. The number of ether oxygens (including phenoxy) is 2. The van der Waals surface area contributed by atoms with Gasteiger partial charge in [0.2, 0.25) is 0 Å². The molecule has 1 N–H and O–H groups in total. The number of rotatable bonds is 54. The minimum Gasteiger partial charge on any atom is -0.462 e. The minimum atomic E-state index is -0.779. The summed E-state index contributed by atoms with van der Waals surface area (Å²) in [5, 5.41) is 9.67. The summed E-state index contributed by atoms with van der Waals surface area (Å²) in [6.45, 7) is 4.03. The Morgan fingerprint density at radius 2 is 0.614 bits per heavy atom. The zero-order valence-electron chi connectivity index (χ0n) is 46.0. The lowest BCUT2D eigenvalue weighted by Crippen LogP contribution is -2.28. The molecule has 0 bridgehead atoms. The standard InChI is InChI=1S/C65H112O5/c1-3-5-7-9-11-13-15-17-19-21-23-25-27-29-30-31-32-33-34-36-38-40-42-44-46-48-50-52-54-56-58-60-65(68)70-63(61-66)62-69-64(67)59-57-55-53-51-49-47-45-43-41-39-37-35-28-26-24-22-20-18-16-14-12-10-8-6-4-2/h5,7,11,13,16-19,22-25,28-30,35,63,66H,3-4,6,8-10,12,14-15,20-21,26-27,31-34,36-62H2,1-2H3/b7-5-,13-11-,18-16-,19-17-,24-22-,25-23-,30-29-,35-28-. The molecule has 0 radical (unpaired) electrons. The van der Waals surface area contributed by atoms with Crippen molar-refractivity contribution in [2.24, 2.45) is 0 Å². The molecular formula is C65H112O5. The first kappa shape index (κ1) is 66.8. The molecule has 0 saturated heterocycles. The van der Waals surface area contributed by atoms with Crippen LogP contribution in [0.1, 0.15) is 284 Å². The molecular weight excluding hydrogens is 861 g/mol. The predicted molar refractivity (Wildman–Crippen MR) is 306 cm³/mol. The van der Waals surface area contributed by atoms with Crippen LogP contribution in [-0.4, -0.2) is 36.4 Å². The first-order chi connectivity index (χ1) is 34.6. The molecule has 0 amide bonds. The third-order valence-corrected chi connectivity index (χ3v) is 12.9. The minimum absolute atomic E-state index is 0.0703. The number of hydrogen-bond acceptors (Lipinski definition) is 5. The molecule has 0 aromatic carbocycles. The average Bonchev–Trinajstić information content (AvgIpc) is 3.36. The highest BCUT2D eigenvalue weighted by molar-refractivity contribution is 5.70. The molecule has 1 atom stereocenters. The van der Waals surface area contributed by atoms with Gasteiger partial charge in [0.25, 0.3) is 0 Å².